The van der Waals surface area contributed by atoms with Crippen LogP contribution in [-0.2, 0) is 16.0 Å². The lowest BCUT2D eigenvalue weighted by molar-refractivity contribution is 0.0175. The van der Waals surface area contributed by atoms with Gasteiger partial charge in [-0.2, -0.15) is 0 Å². The van der Waals surface area contributed by atoms with Gasteiger partial charge in [0, 0.05) is 31.2 Å². The van der Waals surface area contributed by atoms with Gasteiger partial charge in [-0.25, -0.2) is 14.4 Å². The highest BCUT2D eigenvalue weighted by molar-refractivity contribution is 6.06. The van der Waals surface area contributed by atoms with Gasteiger partial charge in [0.05, 0.1) is 11.4 Å². The van der Waals surface area contributed by atoms with Crippen molar-refractivity contribution in [2.75, 3.05) is 23.7 Å². The Balaban J connectivity index is 1.28. The van der Waals surface area contributed by atoms with E-state index in [9.17, 15) is 19.2 Å². The topological polar surface area (TPSA) is 143 Å². The largest absolute Gasteiger partial charge is 0.444 e. The molecule has 1 heterocycles. The Morgan fingerprint density at radius 2 is 1.40 bits per heavy atom. The maximum atomic E-state index is 13.1. The third-order valence-corrected chi connectivity index (χ3v) is 8.55. The molecule has 4 N–H and O–H groups in total. The second kappa shape index (κ2) is 15.1. The van der Waals surface area contributed by atoms with E-state index in [1.54, 1.807) is 62.1 Å². The van der Waals surface area contributed by atoms with Crippen LogP contribution in [0.1, 0.15) is 96.0 Å². The number of urea groups is 1. The Hall–Kier alpha value is -4.28. The zero-order chi connectivity index (χ0) is 34.4. The van der Waals surface area contributed by atoms with Gasteiger partial charge in [-0.15, -0.1) is 0 Å². The molecule has 2 unspecified atom stereocenters. The van der Waals surface area contributed by atoms with Crippen molar-refractivity contribution in [3.8, 4) is 0 Å². The van der Waals surface area contributed by atoms with Crippen molar-refractivity contribution in [2.45, 2.75) is 104 Å². The second-order valence-corrected chi connectivity index (χ2v) is 14.8. The number of nitrogens with two attached hydrogens (primary N) is 1. The Morgan fingerprint density at radius 1 is 0.809 bits per heavy atom. The fourth-order valence-corrected chi connectivity index (χ4v) is 6.35. The van der Waals surface area contributed by atoms with E-state index in [2.05, 4.69) is 10.6 Å². The first kappa shape index (κ1) is 35.6. The van der Waals surface area contributed by atoms with E-state index in [1.807, 2.05) is 37.8 Å². The van der Waals surface area contributed by atoms with Crippen molar-refractivity contribution >= 4 is 35.5 Å². The Bertz CT molecular complexity index is 1410. The number of rotatable bonds is 8. The van der Waals surface area contributed by atoms with Gasteiger partial charge >= 0.3 is 18.2 Å². The highest BCUT2D eigenvalue weighted by Gasteiger charge is 2.34. The molecule has 0 bridgehead atoms. The minimum absolute atomic E-state index is 0.0660. The van der Waals surface area contributed by atoms with Crippen LogP contribution in [0.2, 0.25) is 0 Å². The summed E-state index contributed by atoms with van der Waals surface area (Å²) < 4.78 is 10.9. The average Bonchev–Trinajstić information content (AvgIpc) is 3.43. The van der Waals surface area contributed by atoms with E-state index in [1.165, 1.54) is 0 Å². The van der Waals surface area contributed by atoms with Gasteiger partial charge in [0.2, 0.25) is 0 Å². The Kier molecular flexibility index (Phi) is 11.4. The molecule has 47 heavy (non-hydrogen) atoms. The Morgan fingerprint density at radius 3 is 1.98 bits per heavy atom. The molecule has 11 heteroatoms. The lowest BCUT2D eigenvalue weighted by Crippen LogP contribution is -2.42. The number of carbonyl (C=O) groups is 4. The molecule has 2 aromatic carbocycles. The van der Waals surface area contributed by atoms with Crippen LogP contribution in [0, 0.1) is 11.8 Å². The number of para-hydroxylation sites is 2. The summed E-state index contributed by atoms with van der Waals surface area (Å²) in [6, 6.07) is 13.6. The van der Waals surface area contributed by atoms with Crippen molar-refractivity contribution in [2.24, 2.45) is 17.6 Å². The van der Waals surface area contributed by atoms with Crippen LogP contribution in [0.5, 0.6) is 0 Å². The lowest BCUT2D eigenvalue weighted by atomic mass is 9.86. The fourth-order valence-electron chi connectivity index (χ4n) is 6.35. The summed E-state index contributed by atoms with van der Waals surface area (Å²) in [6.07, 6.45) is 5.03. The number of anilines is 2. The summed E-state index contributed by atoms with van der Waals surface area (Å²) in [7, 11) is 0. The summed E-state index contributed by atoms with van der Waals surface area (Å²) in [5.41, 5.74) is 6.89. The minimum Gasteiger partial charge on any atom is -0.444 e. The molecule has 256 valence electrons. The minimum atomic E-state index is -0.655. The van der Waals surface area contributed by atoms with Crippen LogP contribution >= 0.6 is 0 Å². The van der Waals surface area contributed by atoms with Gasteiger partial charge < -0.3 is 30.3 Å². The normalized spacial score (nSPS) is 18.7. The molecule has 2 aliphatic rings. The molecular weight excluding hydrogens is 598 g/mol. The summed E-state index contributed by atoms with van der Waals surface area (Å²) in [4.78, 5) is 53.9. The number of nitrogens with one attached hydrogen (secondary N) is 2. The molecule has 1 aliphatic carbocycles. The van der Waals surface area contributed by atoms with E-state index in [0.29, 0.717) is 48.4 Å². The summed E-state index contributed by atoms with van der Waals surface area (Å²) in [6.45, 7) is 12.8. The van der Waals surface area contributed by atoms with Crippen molar-refractivity contribution in [1.29, 1.82) is 0 Å². The van der Waals surface area contributed by atoms with Crippen LogP contribution in [0.3, 0.4) is 0 Å². The van der Waals surface area contributed by atoms with Crippen LogP contribution in [-0.4, -0.2) is 64.3 Å². The molecule has 0 radical (unpaired) electrons. The third-order valence-electron chi connectivity index (χ3n) is 8.55. The van der Waals surface area contributed by atoms with Crippen LogP contribution in [0.15, 0.2) is 48.5 Å². The molecular formula is C36H51N5O6. The predicted octanol–water partition coefficient (Wildman–Crippen LogP) is 7.37. The highest BCUT2D eigenvalue weighted by atomic mass is 16.6. The number of benzene rings is 2. The molecule has 0 aromatic heterocycles. The maximum Gasteiger partial charge on any atom is 0.412 e. The number of hydrogen-bond donors (Lipinski definition) is 3. The standard InChI is InChI=1S/C36H51N5O6/c1-35(2,3)46-33(44)39-30-10-8-7-9-29(30)38-31(42)27-14-11-25(12-15-27)23-41(32(37)43)28-16-13-26(22-28)21-24-17-19-40(20-18-24)34(45)47-36(4,5)6/h7-12,14-15,24,26,28H,13,16-23H2,1-6H3,(H2,37,43)(H,38,42)(H,39,44). The molecule has 4 rings (SSSR count). The van der Waals surface area contributed by atoms with E-state index in [0.717, 1.165) is 44.1 Å². The second-order valence-electron chi connectivity index (χ2n) is 14.8. The number of carbonyl (C=O) groups excluding carboxylic acids is 4. The smallest absolute Gasteiger partial charge is 0.412 e. The SMILES string of the molecule is CC(C)(C)OC(=O)Nc1ccccc1NC(=O)c1ccc(CN(C(N)=O)C2CCC(CC3CCN(C(=O)OC(C)(C)C)CC3)C2)cc1. The van der Waals surface area contributed by atoms with Crippen molar-refractivity contribution in [1.82, 2.24) is 9.80 Å². The number of likely N-dealkylation sites (tertiary alicyclic amines) is 1. The highest BCUT2D eigenvalue weighted by Crippen LogP contribution is 2.37. The summed E-state index contributed by atoms with van der Waals surface area (Å²) in [5.74, 6) is 0.731. The summed E-state index contributed by atoms with van der Waals surface area (Å²) >= 11 is 0. The molecule has 5 amide bonds. The molecule has 1 saturated carbocycles. The molecule has 2 aromatic rings. The molecule has 1 saturated heterocycles. The first-order chi connectivity index (χ1) is 22.1. The molecule has 1 aliphatic heterocycles. The van der Waals surface area contributed by atoms with Crippen molar-refractivity contribution < 1.29 is 28.7 Å². The molecule has 11 nitrogen and oxygen atoms in total. The van der Waals surface area contributed by atoms with Crippen molar-refractivity contribution in [3.05, 3.63) is 59.7 Å². The number of ether oxygens (including phenoxy) is 2. The van der Waals surface area contributed by atoms with Gasteiger partial charge in [-0.3, -0.25) is 10.1 Å². The quantitative estimate of drug-likeness (QED) is 0.272. The van der Waals surface area contributed by atoms with Crippen LogP contribution in [0.25, 0.3) is 0 Å². The van der Waals surface area contributed by atoms with Gasteiger partial charge in [-0.05, 0) is 122 Å². The first-order valence-electron chi connectivity index (χ1n) is 16.6. The monoisotopic (exact) mass is 649 g/mol. The van der Waals surface area contributed by atoms with Gasteiger partial charge in [0.15, 0.2) is 0 Å². The number of hydrogen-bond acceptors (Lipinski definition) is 6. The average molecular weight is 650 g/mol. The van der Waals surface area contributed by atoms with Crippen molar-refractivity contribution in [3.63, 3.8) is 0 Å². The Labute approximate surface area is 278 Å². The third kappa shape index (κ3) is 10.9. The van der Waals surface area contributed by atoms with E-state index >= 15 is 0 Å². The maximum absolute atomic E-state index is 13.1. The van der Waals surface area contributed by atoms with E-state index in [4.69, 9.17) is 15.2 Å². The zero-order valence-corrected chi connectivity index (χ0v) is 28.6. The first-order valence-corrected chi connectivity index (χ1v) is 16.6. The lowest BCUT2D eigenvalue weighted by Gasteiger charge is -2.34. The zero-order valence-electron chi connectivity index (χ0n) is 28.6. The molecule has 2 atom stereocenters. The fraction of sp³-hybridized carbons (Fsp3) is 0.556. The van der Waals surface area contributed by atoms with E-state index < -0.39 is 23.3 Å². The molecule has 2 fully saturated rings. The number of amides is 5. The number of piperidine rings is 1. The van der Waals surface area contributed by atoms with Gasteiger partial charge in [-0.1, -0.05) is 24.3 Å². The van der Waals surface area contributed by atoms with E-state index in [-0.39, 0.29) is 18.0 Å². The van der Waals surface area contributed by atoms with Gasteiger partial charge in [0.1, 0.15) is 11.2 Å². The van der Waals surface area contributed by atoms with Crippen LogP contribution in [0.4, 0.5) is 25.8 Å². The van der Waals surface area contributed by atoms with Gasteiger partial charge in [0.25, 0.3) is 5.91 Å². The summed E-state index contributed by atoms with van der Waals surface area (Å²) in [5, 5.41) is 5.54. The number of nitrogens with zero attached hydrogens (tertiary/aromatic N) is 2. The number of primary amides is 1. The predicted molar refractivity (Wildman–Crippen MR) is 182 cm³/mol. The molecule has 0 spiro atoms. The van der Waals surface area contributed by atoms with Crippen LogP contribution < -0.4 is 16.4 Å².